The summed E-state index contributed by atoms with van der Waals surface area (Å²) in [5, 5.41) is 0. The van der Waals surface area contributed by atoms with E-state index in [1.807, 2.05) is 0 Å². The Morgan fingerprint density at radius 2 is 2.20 bits per heavy atom. The van der Waals surface area contributed by atoms with Crippen LogP contribution in [0.5, 0.6) is 5.88 Å². The van der Waals surface area contributed by atoms with Crippen LogP contribution in [0.1, 0.15) is 12.1 Å². The second-order valence-electron chi connectivity index (χ2n) is 4.81. The highest BCUT2D eigenvalue weighted by atomic mass is 32.2. The summed E-state index contributed by atoms with van der Waals surface area (Å²) in [7, 11) is -1.82. The van der Waals surface area contributed by atoms with Crippen LogP contribution in [-0.4, -0.2) is 62.4 Å². The van der Waals surface area contributed by atoms with Crippen molar-refractivity contribution in [2.75, 3.05) is 33.0 Å². The van der Waals surface area contributed by atoms with Gasteiger partial charge in [0.15, 0.2) is 0 Å². The zero-order valence-electron chi connectivity index (χ0n) is 11.7. The number of hydrogen-bond acceptors (Lipinski definition) is 7. The van der Waals surface area contributed by atoms with Crippen molar-refractivity contribution in [2.24, 2.45) is 0 Å². The average molecular weight is 301 g/mol. The topological polar surface area (TPSA) is 81.6 Å². The predicted octanol–water partition coefficient (Wildman–Crippen LogP) is 0.0782. The quantitative estimate of drug-likeness (QED) is 0.688. The molecule has 1 aliphatic heterocycles. The van der Waals surface area contributed by atoms with Gasteiger partial charge >= 0.3 is 0 Å². The van der Waals surface area contributed by atoms with Crippen LogP contribution in [0.4, 0.5) is 0 Å². The molecule has 0 spiro atoms. The Morgan fingerprint density at radius 1 is 1.40 bits per heavy atom. The van der Waals surface area contributed by atoms with Crippen LogP contribution in [0.15, 0.2) is 12.4 Å². The first-order valence-electron chi connectivity index (χ1n) is 6.42. The number of hydrogen-bond donors (Lipinski definition) is 0. The molecule has 1 aromatic rings. The highest BCUT2D eigenvalue weighted by molar-refractivity contribution is 7.86. The van der Waals surface area contributed by atoms with E-state index in [9.17, 15) is 8.42 Å². The first-order chi connectivity index (χ1) is 9.46. The highest BCUT2D eigenvalue weighted by Crippen LogP contribution is 2.15. The Hall–Kier alpha value is -1.25. The molecule has 2 heterocycles. The Kier molecular flexibility index (Phi) is 4.90. The maximum absolute atomic E-state index is 11.1. The number of rotatable bonds is 6. The summed E-state index contributed by atoms with van der Waals surface area (Å²) < 4.78 is 32.1. The van der Waals surface area contributed by atoms with E-state index in [-0.39, 0.29) is 6.10 Å². The van der Waals surface area contributed by atoms with Crippen LogP contribution < -0.4 is 4.74 Å². The summed E-state index contributed by atoms with van der Waals surface area (Å²) in [6.07, 6.45) is 5.65. The summed E-state index contributed by atoms with van der Waals surface area (Å²) >= 11 is 0. The van der Waals surface area contributed by atoms with E-state index < -0.39 is 10.1 Å². The molecule has 0 saturated carbocycles. The molecule has 1 atom stereocenters. The van der Waals surface area contributed by atoms with Gasteiger partial charge in [-0.15, -0.1) is 0 Å². The zero-order chi connectivity index (χ0) is 14.6. The molecule has 0 radical (unpaired) electrons. The first-order valence-corrected chi connectivity index (χ1v) is 8.23. The van der Waals surface area contributed by atoms with Crippen molar-refractivity contribution in [2.45, 2.75) is 18.9 Å². The lowest BCUT2D eigenvalue weighted by Crippen LogP contribution is -2.26. The van der Waals surface area contributed by atoms with E-state index in [4.69, 9.17) is 8.92 Å². The maximum Gasteiger partial charge on any atom is 0.264 e. The van der Waals surface area contributed by atoms with E-state index in [0.717, 1.165) is 37.9 Å². The van der Waals surface area contributed by atoms with Crippen molar-refractivity contribution in [3.63, 3.8) is 0 Å². The van der Waals surface area contributed by atoms with Crippen molar-refractivity contribution < 1.29 is 17.3 Å². The third-order valence-electron chi connectivity index (χ3n) is 3.11. The van der Waals surface area contributed by atoms with Gasteiger partial charge < -0.3 is 9.64 Å². The van der Waals surface area contributed by atoms with Crippen LogP contribution in [0.2, 0.25) is 0 Å². The van der Waals surface area contributed by atoms with E-state index in [1.165, 1.54) is 0 Å². The number of methoxy groups -OCH3 is 1. The summed E-state index contributed by atoms with van der Waals surface area (Å²) in [5.41, 5.74) is 0.887. The smallest absolute Gasteiger partial charge is 0.264 e. The summed E-state index contributed by atoms with van der Waals surface area (Å²) in [5.74, 6) is 0.497. The second-order valence-corrected chi connectivity index (χ2v) is 6.41. The zero-order valence-corrected chi connectivity index (χ0v) is 12.5. The fraction of sp³-hybridized carbons (Fsp3) is 0.667. The van der Waals surface area contributed by atoms with Crippen LogP contribution in [0, 0.1) is 0 Å². The van der Waals surface area contributed by atoms with Gasteiger partial charge in [-0.1, -0.05) is 0 Å². The SMILES string of the molecule is COc1cnc(CCN2CC[C@H](OS(C)(=O)=O)C2)cn1. The lowest BCUT2D eigenvalue weighted by atomic mass is 10.3. The van der Waals surface area contributed by atoms with Crippen molar-refractivity contribution in [1.29, 1.82) is 0 Å². The summed E-state index contributed by atoms with van der Waals surface area (Å²) in [6, 6.07) is 0. The van der Waals surface area contributed by atoms with Gasteiger partial charge in [-0.05, 0) is 6.42 Å². The Morgan fingerprint density at radius 3 is 2.80 bits per heavy atom. The fourth-order valence-corrected chi connectivity index (χ4v) is 2.83. The minimum absolute atomic E-state index is 0.230. The second kappa shape index (κ2) is 6.47. The average Bonchev–Trinajstić information content (AvgIpc) is 2.82. The van der Waals surface area contributed by atoms with Gasteiger partial charge in [0.05, 0.1) is 37.6 Å². The molecular weight excluding hydrogens is 282 g/mol. The molecular formula is C12H19N3O4S. The van der Waals surface area contributed by atoms with Crippen molar-refractivity contribution >= 4 is 10.1 Å². The minimum atomic E-state index is -3.37. The monoisotopic (exact) mass is 301 g/mol. The third-order valence-corrected chi connectivity index (χ3v) is 3.74. The molecule has 112 valence electrons. The molecule has 0 bridgehead atoms. The molecule has 0 unspecified atom stereocenters. The molecule has 1 fully saturated rings. The number of nitrogens with zero attached hydrogens (tertiary/aromatic N) is 3. The van der Waals surface area contributed by atoms with E-state index in [0.29, 0.717) is 12.4 Å². The molecule has 8 heteroatoms. The summed E-state index contributed by atoms with van der Waals surface area (Å²) in [4.78, 5) is 10.5. The van der Waals surface area contributed by atoms with E-state index in [2.05, 4.69) is 14.9 Å². The van der Waals surface area contributed by atoms with Crippen LogP contribution >= 0.6 is 0 Å². The Balaban J connectivity index is 1.77. The largest absolute Gasteiger partial charge is 0.480 e. The van der Waals surface area contributed by atoms with Gasteiger partial charge in [0.1, 0.15) is 0 Å². The van der Waals surface area contributed by atoms with Crippen LogP contribution in [-0.2, 0) is 20.7 Å². The van der Waals surface area contributed by atoms with E-state index >= 15 is 0 Å². The maximum atomic E-state index is 11.1. The first kappa shape index (κ1) is 15.1. The molecule has 0 aromatic carbocycles. The fourth-order valence-electron chi connectivity index (χ4n) is 2.18. The number of ether oxygens (including phenoxy) is 1. The number of aromatic nitrogens is 2. The standard InChI is InChI=1S/C12H19N3O4S/c1-18-12-8-13-10(7-14-12)3-5-15-6-4-11(9-15)19-20(2,16)17/h7-8,11H,3-6,9H2,1-2H3/t11-/m0/s1. The lowest BCUT2D eigenvalue weighted by molar-refractivity contribution is 0.209. The van der Waals surface area contributed by atoms with Gasteiger partial charge in [-0.25, -0.2) is 4.98 Å². The van der Waals surface area contributed by atoms with Crippen LogP contribution in [0.25, 0.3) is 0 Å². The van der Waals surface area contributed by atoms with E-state index in [1.54, 1.807) is 19.5 Å². The van der Waals surface area contributed by atoms with Gasteiger partial charge in [-0.3, -0.25) is 9.17 Å². The Labute approximate surface area is 119 Å². The molecule has 0 N–H and O–H groups in total. The normalized spacial score (nSPS) is 20.2. The molecule has 0 aliphatic carbocycles. The molecule has 2 rings (SSSR count). The molecule has 1 saturated heterocycles. The van der Waals surface area contributed by atoms with Crippen molar-refractivity contribution in [1.82, 2.24) is 14.9 Å². The third kappa shape index (κ3) is 4.69. The van der Waals surface area contributed by atoms with Crippen molar-refractivity contribution in [3.05, 3.63) is 18.1 Å². The van der Waals surface area contributed by atoms with Crippen LogP contribution in [0.3, 0.4) is 0 Å². The van der Waals surface area contributed by atoms with Crippen molar-refractivity contribution in [3.8, 4) is 5.88 Å². The molecule has 1 aromatic heterocycles. The molecule has 1 aliphatic rings. The highest BCUT2D eigenvalue weighted by Gasteiger charge is 2.25. The predicted molar refractivity (Wildman–Crippen MR) is 73.1 cm³/mol. The van der Waals surface area contributed by atoms with Gasteiger partial charge in [0.2, 0.25) is 5.88 Å². The number of likely N-dealkylation sites (tertiary alicyclic amines) is 1. The van der Waals surface area contributed by atoms with Gasteiger partial charge in [0.25, 0.3) is 10.1 Å². The molecule has 7 nitrogen and oxygen atoms in total. The van der Waals surface area contributed by atoms with Gasteiger partial charge in [-0.2, -0.15) is 8.42 Å². The lowest BCUT2D eigenvalue weighted by Gasteiger charge is -2.15. The Bertz CT molecular complexity index is 532. The molecule has 20 heavy (non-hydrogen) atoms. The minimum Gasteiger partial charge on any atom is -0.480 e. The molecule has 0 amide bonds. The van der Waals surface area contributed by atoms with Gasteiger partial charge in [0, 0.05) is 26.1 Å². The summed E-state index contributed by atoms with van der Waals surface area (Å²) in [6.45, 7) is 2.28.